The van der Waals surface area contributed by atoms with E-state index in [1.807, 2.05) is 119 Å². The zero-order chi connectivity index (χ0) is 39.6. The van der Waals surface area contributed by atoms with Crippen molar-refractivity contribution >= 4 is 5.78 Å². The molecule has 0 atom stereocenters. The van der Waals surface area contributed by atoms with E-state index in [0.29, 0.717) is 5.69 Å². The van der Waals surface area contributed by atoms with E-state index in [9.17, 15) is 9.90 Å². The van der Waals surface area contributed by atoms with Crippen LogP contribution in [0.15, 0.2) is 152 Å². The van der Waals surface area contributed by atoms with Crippen molar-refractivity contribution in [3.8, 4) is 44.8 Å². The van der Waals surface area contributed by atoms with E-state index in [1.54, 1.807) is 18.3 Å². The van der Waals surface area contributed by atoms with Crippen LogP contribution in [-0.4, -0.2) is 20.9 Å². The Labute approximate surface area is 334 Å². The molecule has 4 aromatic carbocycles. The average molecular weight is 882 g/mol. The molecule has 0 aliphatic carbocycles. The van der Waals surface area contributed by atoms with E-state index in [1.165, 1.54) is 23.4 Å². The molecule has 0 saturated heterocycles. The molecule has 5 heteroatoms. The number of aromatic nitrogens is 2. The molecule has 0 unspecified atom stereocenters. The number of aliphatic hydroxyl groups excluding tert-OH is 1. The van der Waals surface area contributed by atoms with Crippen LogP contribution in [0.5, 0.6) is 0 Å². The molecule has 4 nitrogen and oxygen atoms in total. The Balaban J connectivity index is 0.000000228. The molecule has 0 aliphatic rings. The zero-order valence-electron chi connectivity index (χ0n) is 33.9. The molecule has 0 fully saturated rings. The smallest absolute Gasteiger partial charge is 0.162 e. The Hall–Kier alpha value is -4.96. The van der Waals surface area contributed by atoms with Crippen LogP contribution < -0.4 is 0 Å². The first-order valence-corrected chi connectivity index (χ1v) is 18.0. The summed E-state index contributed by atoms with van der Waals surface area (Å²) in [5, 5.41) is 9.76. The minimum Gasteiger partial charge on any atom is -0.512 e. The van der Waals surface area contributed by atoms with Crippen molar-refractivity contribution in [1.82, 2.24) is 9.97 Å². The van der Waals surface area contributed by atoms with Gasteiger partial charge in [-0.25, -0.2) is 0 Å². The van der Waals surface area contributed by atoms with Crippen molar-refractivity contribution in [1.29, 1.82) is 0 Å². The molecule has 2 heterocycles. The second-order valence-electron chi connectivity index (χ2n) is 12.4. The van der Waals surface area contributed by atoms with Gasteiger partial charge >= 0.3 is 0 Å². The Morgan fingerprint density at radius 1 is 0.660 bits per heavy atom. The molecule has 0 aliphatic heterocycles. The Kier molecular flexibility index (Phi) is 16.3. The van der Waals surface area contributed by atoms with Gasteiger partial charge in [-0.2, -0.15) is 0 Å². The fraction of sp³-hybridized carbons (Fsp3) is 0.229. The van der Waals surface area contributed by atoms with Gasteiger partial charge in [0.1, 0.15) is 0 Å². The summed E-state index contributed by atoms with van der Waals surface area (Å²) in [6, 6.07) is 48.0. The van der Waals surface area contributed by atoms with Gasteiger partial charge in [-0.15, -0.1) is 70.8 Å². The number of hydrogen-bond donors (Lipinski definition) is 1. The summed E-state index contributed by atoms with van der Waals surface area (Å²) in [5.74, 6) is 0.547. The van der Waals surface area contributed by atoms with Gasteiger partial charge in [-0.1, -0.05) is 113 Å². The first-order chi connectivity index (χ1) is 26.6. The molecule has 1 N–H and O–H groups in total. The Bertz CT molecular complexity index is 2010. The molecule has 0 saturated carbocycles. The number of pyridine rings is 2. The van der Waals surface area contributed by atoms with Gasteiger partial charge in [0.25, 0.3) is 0 Å². The Morgan fingerprint density at radius 2 is 1.17 bits per heavy atom. The number of carbonyl (C=O) groups excluding carboxylic acids is 1. The number of aliphatic hydroxyl groups is 1. The van der Waals surface area contributed by atoms with Crippen LogP contribution in [-0.2, 0) is 24.9 Å². The molecule has 0 amide bonds. The van der Waals surface area contributed by atoms with Crippen molar-refractivity contribution in [2.75, 3.05) is 0 Å². The third kappa shape index (κ3) is 13.2. The summed E-state index contributed by atoms with van der Waals surface area (Å²) in [5.41, 5.74) is 8.39. The van der Waals surface area contributed by atoms with Gasteiger partial charge in [-0.3, -0.25) is 4.79 Å². The maximum absolute atomic E-state index is 11.7. The van der Waals surface area contributed by atoms with Gasteiger partial charge in [0.2, 0.25) is 0 Å². The Morgan fingerprint density at radius 3 is 1.60 bits per heavy atom. The van der Waals surface area contributed by atoms with Crippen molar-refractivity contribution in [3.63, 3.8) is 0 Å². The second-order valence-corrected chi connectivity index (χ2v) is 12.4. The monoisotopic (exact) mass is 882 g/mol. The van der Waals surface area contributed by atoms with Gasteiger partial charge in [0.05, 0.1) is 5.76 Å². The number of hydrogen-bond acceptors (Lipinski definition) is 4. The van der Waals surface area contributed by atoms with Crippen molar-refractivity contribution < 1.29 is 34.1 Å². The van der Waals surface area contributed by atoms with E-state index in [-0.39, 0.29) is 49.0 Å². The maximum atomic E-state index is 11.7. The number of rotatable bonds is 11. The topological polar surface area (TPSA) is 63.1 Å². The quantitative estimate of drug-likeness (QED) is 0.0800. The minimum atomic E-state index is -2.12. The number of allylic oxidation sites excluding steroid dienone is 2. The number of carbonyl (C=O) groups is 1. The second kappa shape index (κ2) is 22.9. The standard InChI is InChI=1S/C18H14N.C17H12N.C13H24O2.Ir/c1-14-10-11-18(19-13-14)17-9-5-8-16(12-17)15-6-3-2-4-7-15;1-2-7-14(8-3-1)15-9-6-10-16(13-15)17-11-4-5-12-18-17;1-5-10(6-2)12(14)9-13(15)11(7-3)8-4;/h2-8,10-13H,1H3;1-9,11-13H;9-11,14H,5-8H2,1-4H3;/q2*-1;;/b;;12-9-;/i1D3;;;. The van der Waals surface area contributed by atoms with E-state index in [0.717, 1.165) is 53.6 Å². The normalized spacial score (nSPS) is 11.8. The first kappa shape index (κ1) is 37.8. The van der Waals surface area contributed by atoms with Crippen molar-refractivity contribution in [2.45, 2.75) is 60.2 Å². The van der Waals surface area contributed by atoms with Crippen LogP contribution in [0.4, 0.5) is 0 Å². The number of ketones is 1. The fourth-order valence-corrected chi connectivity index (χ4v) is 5.70. The van der Waals surface area contributed by atoms with E-state index < -0.39 is 6.85 Å². The average Bonchev–Trinajstić information content (AvgIpc) is 3.23. The van der Waals surface area contributed by atoms with Crippen molar-refractivity contribution in [2.24, 2.45) is 11.8 Å². The zero-order valence-corrected chi connectivity index (χ0v) is 33.3. The number of nitrogens with zero attached hydrogens (tertiary/aromatic N) is 2. The molecule has 53 heavy (non-hydrogen) atoms. The fourth-order valence-electron chi connectivity index (χ4n) is 5.70. The number of aryl methyl sites for hydroxylation is 1. The summed E-state index contributed by atoms with van der Waals surface area (Å²) < 4.78 is 22.1. The van der Waals surface area contributed by atoms with E-state index in [2.05, 4.69) is 46.4 Å². The van der Waals surface area contributed by atoms with Crippen LogP contribution in [0.2, 0.25) is 0 Å². The van der Waals surface area contributed by atoms with Gasteiger partial charge in [-0.05, 0) is 66.7 Å². The molecule has 6 aromatic rings. The van der Waals surface area contributed by atoms with Crippen molar-refractivity contribution in [3.05, 3.63) is 169 Å². The predicted octanol–water partition coefficient (Wildman–Crippen LogP) is 12.6. The molecule has 275 valence electrons. The predicted molar refractivity (Wildman–Crippen MR) is 216 cm³/mol. The molecular weight excluding hydrogens is 829 g/mol. The molecule has 2 aromatic heterocycles. The van der Waals surface area contributed by atoms with Crippen LogP contribution in [0, 0.1) is 30.8 Å². The maximum Gasteiger partial charge on any atom is 0.162 e. The molecule has 1 radical (unpaired) electrons. The van der Waals surface area contributed by atoms with Crippen LogP contribution >= 0.6 is 0 Å². The van der Waals surface area contributed by atoms with Gasteiger partial charge in [0, 0.05) is 54.5 Å². The number of benzene rings is 4. The van der Waals surface area contributed by atoms with E-state index in [4.69, 9.17) is 4.11 Å². The molecule has 0 bridgehead atoms. The van der Waals surface area contributed by atoms with Crippen LogP contribution in [0.25, 0.3) is 44.8 Å². The summed E-state index contributed by atoms with van der Waals surface area (Å²) >= 11 is 0. The first-order valence-electron chi connectivity index (χ1n) is 19.5. The SMILES string of the molecule is CCC(CC)C(=O)/C=C(\O)C(CC)CC.[2H]C([2H])([2H])c1ccc(-c2[c-]ccc(-c3ccccc3)c2)nc1.[Ir].[c-]1ccc(-c2ccccc2)cc1-c1ccccn1. The van der Waals surface area contributed by atoms with Crippen LogP contribution in [0.3, 0.4) is 0 Å². The molecule has 0 spiro atoms. The third-order valence-corrected chi connectivity index (χ3v) is 8.88. The van der Waals surface area contributed by atoms with Gasteiger partial charge < -0.3 is 15.1 Å². The summed E-state index contributed by atoms with van der Waals surface area (Å²) in [4.78, 5) is 20.3. The summed E-state index contributed by atoms with van der Waals surface area (Å²) in [6.07, 6.45) is 8.12. The van der Waals surface area contributed by atoms with Gasteiger partial charge in [0.15, 0.2) is 5.78 Å². The molecular formula is C48H50IrN2O2-2. The van der Waals surface area contributed by atoms with Crippen LogP contribution in [0.1, 0.15) is 63.1 Å². The minimum absolute atomic E-state index is 0. The largest absolute Gasteiger partial charge is 0.512 e. The summed E-state index contributed by atoms with van der Waals surface area (Å²) in [6.45, 7) is 5.95. The summed E-state index contributed by atoms with van der Waals surface area (Å²) in [7, 11) is 0. The molecule has 6 rings (SSSR count). The third-order valence-electron chi connectivity index (χ3n) is 8.88. The van der Waals surface area contributed by atoms with E-state index >= 15 is 0 Å².